The number of anilines is 3. The molecular weight excluding hydrogens is 442 g/mol. The van der Waals surface area contributed by atoms with Crippen molar-refractivity contribution in [1.82, 2.24) is 29.9 Å². The van der Waals surface area contributed by atoms with Crippen molar-refractivity contribution in [2.75, 3.05) is 16.0 Å². The van der Waals surface area contributed by atoms with Gasteiger partial charge in [0, 0.05) is 30.3 Å². The van der Waals surface area contributed by atoms with Crippen LogP contribution in [0.4, 0.5) is 22.1 Å². The third-order valence-electron chi connectivity index (χ3n) is 5.94. The first kappa shape index (κ1) is 21.7. The van der Waals surface area contributed by atoms with Gasteiger partial charge in [-0.3, -0.25) is 4.79 Å². The molecule has 0 unspecified atom stereocenters. The zero-order valence-corrected chi connectivity index (χ0v) is 18.2. The zero-order valence-electron chi connectivity index (χ0n) is 18.2. The molecule has 0 spiro atoms. The minimum atomic E-state index is -0.998. The van der Waals surface area contributed by atoms with Crippen molar-refractivity contribution in [3.8, 4) is 5.88 Å². The minimum absolute atomic E-state index is 0.0386. The second-order valence-electron chi connectivity index (χ2n) is 8.60. The van der Waals surface area contributed by atoms with Gasteiger partial charge in [-0.15, -0.1) is 5.10 Å². The van der Waals surface area contributed by atoms with E-state index >= 15 is 0 Å². The van der Waals surface area contributed by atoms with Gasteiger partial charge in [0.1, 0.15) is 18.0 Å². The molecule has 0 radical (unpaired) electrons. The van der Waals surface area contributed by atoms with Crippen LogP contribution in [0.1, 0.15) is 49.0 Å². The van der Waals surface area contributed by atoms with E-state index in [0.717, 1.165) is 50.5 Å². The van der Waals surface area contributed by atoms with Crippen LogP contribution in [0.5, 0.6) is 5.88 Å². The Morgan fingerprint density at radius 3 is 2.32 bits per heavy atom. The quantitative estimate of drug-likeness (QED) is 0.301. The van der Waals surface area contributed by atoms with Crippen molar-refractivity contribution >= 4 is 35.0 Å². The Hall–Kier alpha value is -4.16. The van der Waals surface area contributed by atoms with Gasteiger partial charge < -0.3 is 31.5 Å². The Labute approximate surface area is 194 Å². The van der Waals surface area contributed by atoms with Gasteiger partial charge in [-0.1, -0.05) is 0 Å². The van der Waals surface area contributed by atoms with E-state index in [9.17, 15) is 14.7 Å². The number of carbonyl (C=O) groups is 2. The number of carboxylic acid groups (broad SMARTS) is 1. The van der Waals surface area contributed by atoms with Crippen LogP contribution in [-0.2, 0) is 0 Å². The average Bonchev–Trinajstić information content (AvgIpc) is 3.50. The molecule has 13 heteroatoms. The topological polar surface area (TPSA) is 179 Å². The van der Waals surface area contributed by atoms with Crippen molar-refractivity contribution in [2.45, 2.75) is 56.7 Å². The lowest BCUT2D eigenvalue weighted by Gasteiger charge is -2.29. The Morgan fingerprint density at radius 2 is 1.62 bits per heavy atom. The fourth-order valence-corrected chi connectivity index (χ4v) is 4.11. The molecule has 0 saturated heterocycles. The molecule has 0 aliphatic heterocycles. The Bertz CT molecular complexity index is 1220. The van der Waals surface area contributed by atoms with Crippen LogP contribution in [0.2, 0.25) is 0 Å². The number of carbonyl (C=O) groups excluding carboxylic acids is 1. The van der Waals surface area contributed by atoms with Crippen molar-refractivity contribution < 1.29 is 19.8 Å². The molecule has 2 saturated carbocycles. The van der Waals surface area contributed by atoms with Crippen LogP contribution in [0.3, 0.4) is 0 Å². The summed E-state index contributed by atoms with van der Waals surface area (Å²) >= 11 is 0. The van der Waals surface area contributed by atoms with Crippen LogP contribution >= 0.6 is 0 Å². The summed E-state index contributed by atoms with van der Waals surface area (Å²) in [6.07, 6.45) is 6.82. The van der Waals surface area contributed by atoms with E-state index < -0.39 is 12.0 Å². The first-order valence-corrected chi connectivity index (χ1v) is 11.2. The summed E-state index contributed by atoms with van der Waals surface area (Å²) in [6.45, 7) is 0. The second kappa shape index (κ2) is 9.00. The molecule has 5 rings (SSSR count). The van der Waals surface area contributed by atoms with E-state index in [1.165, 1.54) is 16.8 Å². The number of nitrogens with one attached hydrogen (secondary N) is 4. The van der Waals surface area contributed by atoms with Crippen LogP contribution in [0.15, 0.2) is 24.7 Å². The number of imidazole rings is 1. The van der Waals surface area contributed by atoms with Gasteiger partial charge in [0.2, 0.25) is 5.88 Å². The average molecular weight is 467 g/mol. The van der Waals surface area contributed by atoms with Gasteiger partial charge in [0.05, 0.1) is 11.9 Å². The van der Waals surface area contributed by atoms with Gasteiger partial charge >= 0.3 is 6.09 Å². The first-order chi connectivity index (χ1) is 16.4. The summed E-state index contributed by atoms with van der Waals surface area (Å²) < 4.78 is 1.49. The number of hydrogen-bond acceptors (Lipinski definition) is 9. The predicted molar refractivity (Wildman–Crippen MR) is 122 cm³/mol. The summed E-state index contributed by atoms with van der Waals surface area (Å²) in [7, 11) is 0. The minimum Gasteiger partial charge on any atom is -0.493 e. The highest BCUT2D eigenvalue weighted by Gasteiger charge is 2.26. The summed E-state index contributed by atoms with van der Waals surface area (Å²) in [5.41, 5.74) is 1.52. The number of amides is 2. The maximum Gasteiger partial charge on any atom is 0.404 e. The number of fused-ring (bicyclic) bond motifs is 1. The lowest BCUT2D eigenvalue weighted by atomic mass is 9.91. The maximum atomic E-state index is 12.9. The van der Waals surface area contributed by atoms with Gasteiger partial charge in [-0.2, -0.15) is 0 Å². The van der Waals surface area contributed by atoms with Crippen molar-refractivity contribution in [3.05, 3.63) is 30.4 Å². The SMILES string of the molecule is O=C(O)NC1CCC(Nc2cc(NC3CC3)c3ncc(C(=O)Nc4cc(O)ncn4)n3n2)CC1. The van der Waals surface area contributed by atoms with E-state index in [4.69, 9.17) is 5.11 Å². The fourth-order valence-electron chi connectivity index (χ4n) is 4.11. The normalized spacial score (nSPS) is 20.0. The molecule has 178 valence electrons. The van der Waals surface area contributed by atoms with Gasteiger partial charge in [0.25, 0.3) is 5.91 Å². The molecule has 2 aliphatic rings. The molecule has 6 N–H and O–H groups in total. The zero-order chi connectivity index (χ0) is 23.7. The Morgan fingerprint density at radius 1 is 0.912 bits per heavy atom. The molecule has 0 atom stereocenters. The first-order valence-electron chi connectivity index (χ1n) is 11.2. The lowest BCUT2D eigenvalue weighted by Crippen LogP contribution is -2.39. The summed E-state index contributed by atoms with van der Waals surface area (Å²) in [4.78, 5) is 35.8. The standard InChI is InChI=1S/C21H25N9O4/c31-18-8-16(23-10-24-18)28-20(32)15-9-22-19-14(25-11-1-2-11)7-17(29-30(15)19)26-12-3-5-13(6-4-12)27-21(33)34/h7-13,25,27H,1-6H2,(H,26,29)(H,33,34)(H2,23,24,28,31,32). The van der Waals surface area contributed by atoms with Crippen LogP contribution in [-0.4, -0.2) is 64.9 Å². The molecule has 13 nitrogen and oxygen atoms in total. The van der Waals surface area contributed by atoms with Crippen molar-refractivity contribution in [1.29, 1.82) is 0 Å². The van der Waals surface area contributed by atoms with Crippen LogP contribution < -0.4 is 21.3 Å². The molecule has 2 fully saturated rings. The number of nitrogens with zero attached hydrogens (tertiary/aromatic N) is 5. The van der Waals surface area contributed by atoms with E-state index in [-0.39, 0.29) is 29.5 Å². The van der Waals surface area contributed by atoms with Gasteiger partial charge in [-0.05, 0) is 38.5 Å². The maximum absolute atomic E-state index is 12.9. The highest BCUT2D eigenvalue weighted by molar-refractivity contribution is 6.03. The molecule has 3 heterocycles. The smallest absolute Gasteiger partial charge is 0.404 e. The molecule has 3 aromatic heterocycles. The van der Waals surface area contributed by atoms with E-state index in [0.29, 0.717) is 17.5 Å². The Balaban J connectivity index is 1.38. The molecule has 0 aromatic carbocycles. The molecule has 3 aromatic rings. The molecular formula is C21H25N9O4. The summed E-state index contributed by atoms with van der Waals surface area (Å²) in [5.74, 6) is 0.0203. The van der Waals surface area contributed by atoms with Crippen molar-refractivity contribution in [2.24, 2.45) is 0 Å². The summed E-state index contributed by atoms with van der Waals surface area (Å²) in [5, 5.41) is 35.1. The van der Waals surface area contributed by atoms with E-state index in [1.54, 1.807) is 0 Å². The number of rotatable bonds is 7. The number of aromatic hydroxyl groups is 1. The Kier molecular flexibility index (Phi) is 5.74. The van der Waals surface area contributed by atoms with Crippen molar-refractivity contribution in [3.63, 3.8) is 0 Å². The third kappa shape index (κ3) is 4.92. The van der Waals surface area contributed by atoms with Crippen LogP contribution in [0.25, 0.3) is 5.65 Å². The highest BCUT2D eigenvalue weighted by atomic mass is 16.4. The number of hydrogen-bond donors (Lipinski definition) is 6. The summed E-state index contributed by atoms with van der Waals surface area (Å²) in [6, 6.07) is 3.61. The number of aromatic nitrogens is 5. The van der Waals surface area contributed by atoms with E-state index in [1.807, 2.05) is 6.07 Å². The molecule has 0 bridgehead atoms. The highest BCUT2D eigenvalue weighted by Crippen LogP contribution is 2.30. The third-order valence-corrected chi connectivity index (χ3v) is 5.94. The fraction of sp³-hybridized carbons (Fsp3) is 0.429. The van der Waals surface area contributed by atoms with Gasteiger partial charge in [0.15, 0.2) is 11.3 Å². The molecule has 2 amide bonds. The lowest BCUT2D eigenvalue weighted by molar-refractivity contribution is 0.102. The molecule has 34 heavy (non-hydrogen) atoms. The second-order valence-corrected chi connectivity index (χ2v) is 8.60. The predicted octanol–water partition coefficient (Wildman–Crippen LogP) is 2.04. The van der Waals surface area contributed by atoms with Gasteiger partial charge in [-0.25, -0.2) is 24.3 Å². The van der Waals surface area contributed by atoms with Crippen LogP contribution in [0, 0.1) is 0 Å². The molecule has 2 aliphatic carbocycles. The largest absolute Gasteiger partial charge is 0.493 e. The monoisotopic (exact) mass is 467 g/mol. The van der Waals surface area contributed by atoms with E-state index in [2.05, 4.69) is 41.3 Å².